The van der Waals surface area contributed by atoms with Crippen LogP contribution in [0.2, 0.25) is 0 Å². The Balaban J connectivity index is 1.66. The number of nitrogens with zero attached hydrogens (tertiary/aromatic N) is 1. The van der Waals surface area contributed by atoms with E-state index in [2.05, 4.69) is 10.3 Å². The monoisotopic (exact) mass is 354 g/mol. The van der Waals surface area contributed by atoms with Crippen LogP contribution in [0, 0.1) is 12.7 Å². The molecule has 0 aliphatic carbocycles. The van der Waals surface area contributed by atoms with Gasteiger partial charge in [0, 0.05) is 11.3 Å². The molecule has 0 saturated carbocycles. The minimum absolute atomic E-state index is 0.0870. The molecule has 1 heterocycles. The molecule has 0 spiro atoms. The van der Waals surface area contributed by atoms with E-state index < -0.39 is 0 Å². The number of hydrogen-bond acceptors (Lipinski definition) is 4. The van der Waals surface area contributed by atoms with Crippen molar-refractivity contribution in [3.8, 4) is 17.2 Å². The van der Waals surface area contributed by atoms with Crippen molar-refractivity contribution in [1.29, 1.82) is 0 Å². The molecule has 1 amide bonds. The maximum atomic E-state index is 13.0. The predicted octanol–water partition coefficient (Wildman–Crippen LogP) is 4.37. The van der Waals surface area contributed by atoms with Crippen LogP contribution in [-0.2, 0) is 11.2 Å². The van der Waals surface area contributed by atoms with Gasteiger partial charge in [-0.2, -0.15) is 0 Å². The molecule has 5 nitrogen and oxygen atoms in total. The van der Waals surface area contributed by atoms with E-state index in [0.717, 1.165) is 5.75 Å². The standard InChI is InChI=1S/C20H19FN2O3/c1-3-25-17-10-8-16(9-11-17)22-19(24)12-18-13(2)26-20(23-18)14-4-6-15(21)7-5-14/h4-11H,3,12H2,1-2H3,(H,22,24). The van der Waals surface area contributed by atoms with Gasteiger partial charge in [0.05, 0.1) is 18.7 Å². The highest BCUT2D eigenvalue weighted by Gasteiger charge is 2.15. The van der Waals surface area contributed by atoms with Gasteiger partial charge in [-0.25, -0.2) is 9.37 Å². The largest absolute Gasteiger partial charge is 0.494 e. The molecule has 134 valence electrons. The number of anilines is 1. The van der Waals surface area contributed by atoms with Gasteiger partial charge >= 0.3 is 0 Å². The van der Waals surface area contributed by atoms with Crippen molar-refractivity contribution in [3.63, 3.8) is 0 Å². The predicted molar refractivity (Wildman–Crippen MR) is 96.6 cm³/mol. The first-order chi connectivity index (χ1) is 12.5. The van der Waals surface area contributed by atoms with E-state index in [-0.39, 0.29) is 18.1 Å². The van der Waals surface area contributed by atoms with Crippen molar-refractivity contribution in [2.24, 2.45) is 0 Å². The second-order valence-corrected chi connectivity index (χ2v) is 5.71. The van der Waals surface area contributed by atoms with Gasteiger partial charge in [-0.3, -0.25) is 4.79 Å². The number of ether oxygens (including phenoxy) is 1. The molecule has 6 heteroatoms. The van der Waals surface area contributed by atoms with E-state index in [1.807, 2.05) is 6.92 Å². The van der Waals surface area contributed by atoms with Crippen LogP contribution in [-0.4, -0.2) is 17.5 Å². The molecule has 0 unspecified atom stereocenters. The first-order valence-electron chi connectivity index (χ1n) is 8.30. The Morgan fingerprint density at radius 1 is 1.15 bits per heavy atom. The smallest absolute Gasteiger partial charge is 0.230 e. The number of hydrogen-bond donors (Lipinski definition) is 1. The molecule has 3 aromatic rings. The molecule has 0 fully saturated rings. The Morgan fingerprint density at radius 2 is 1.85 bits per heavy atom. The van der Waals surface area contributed by atoms with Crippen LogP contribution in [0.15, 0.2) is 52.9 Å². The Morgan fingerprint density at radius 3 is 2.50 bits per heavy atom. The molecule has 0 aliphatic rings. The molecule has 0 radical (unpaired) electrons. The number of amides is 1. The molecule has 1 aromatic heterocycles. The summed E-state index contributed by atoms with van der Waals surface area (Å²) < 4.78 is 24.0. The quantitative estimate of drug-likeness (QED) is 0.714. The fourth-order valence-corrected chi connectivity index (χ4v) is 2.47. The number of aromatic nitrogens is 1. The van der Waals surface area contributed by atoms with Crippen LogP contribution < -0.4 is 10.1 Å². The fraction of sp³-hybridized carbons (Fsp3) is 0.200. The second kappa shape index (κ2) is 7.82. The van der Waals surface area contributed by atoms with Crippen molar-refractivity contribution < 1.29 is 18.3 Å². The van der Waals surface area contributed by atoms with Gasteiger partial charge in [-0.1, -0.05) is 0 Å². The maximum Gasteiger partial charge on any atom is 0.230 e. The molecule has 26 heavy (non-hydrogen) atoms. The summed E-state index contributed by atoms with van der Waals surface area (Å²) in [6.07, 6.45) is 0.0870. The number of nitrogens with one attached hydrogen (secondary N) is 1. The van der Waals surface area contributed by atoms with Crippen molar-refractivity contribution in [2.75, 3.05) is 11.9 Å². The van der Waals surface area contributed by atoms with Gasteiger partial charge in [0.15, 0.2) is 0 Å². The van der Waals surface area contributed by atoms with E-state index >= 15 is 0 Å². The lowest BCUT2D eigenvalue weighted by atomic mass is 10.2. The Kier molecular flexibility index (Phi) is 5.31. The lowest BCUT2D eigenvalue weighted by Gasteiger charge is -2.06. The average Bonchev–Trinajstić information content (AvgIpc) is 2.98. The molecular weight excluding hydrogens is 335 g/mol. The third-order valence-electron chi connectivity index (χ3n) is 3.76. The Bertz CT molecular complexity index is 886. The Labute approximate surface area is 150 Å². The molecule has 0 atom stereocenters. The molecule has 3 rings (SSSR count). The highest BCUT2D eigenvalue weighted by molar-refractivity contribution is 5.92. The number of benzene rings is 2. The second-order valence-electron chi connectivity index (χ2n) is 5.71. The Hall–Kier alpha value is -3.15. The van der Waals surface area contributed by atoms with Crippen LogP contribution in [0.5, 0.6) is 5.75 Å². The summed E-state index contributed by atoms with van der Waals surface area (Å²) in [5.41, 5.74) is 1.89. The molecule has 1 N–H and O–H groups in total. The van der Waals surface area contributed by atoms with E-state index in [1.54, 1.807) is 43.3 Å². The molecule has 0 bridgehead atoms. The van der Waals surface area contributed by atoms with E-state index in [0.29, 0.717) is 35.2 Å². The van der Waals surface area contributed by atoms with Crippen LogP contribution in [0.4, 0.5) is 10.1 Å². The van der Waals surface area contributed by atoms with Crippen LogP contribution >= 0.6 is 0 Å². The average molecular weight is 354 g/mol. The molecule has 0 aliphatic heterocycles. The van der Waals surface area contributed by atoms with E-state index in [9.17, 15) is 9.18 Å². The van der Waals surface area contributed by atoms with Gasteiger partial charge in [0.1, 0.15) is 17.3 Å². The number of aryl methyl sites for hydroxylation is 1. The normalized spacial score (nSPS) is 10.6. The van der Waals surface area contributed by atoms with E-state index in [4.69, 9.17) is 9.15 Å². The minimum Gasteiger partial charge on any atom is -0.494 e. The summed E-state index contributed by atoms with van der Waals surface area (Å²) in [4.78, 5) is 16.6. The molecule has 2 aromatic carbocycles. The maximum absolute atomic E-state index is 13.0. The van der Waals surface area contributed by atoms with Crippen LogP contribution in [0.25, 0.3) is 11.5 Å². The van der Waals surface area contributed by atoms with Gasteiger partial charge in [0.2, 0.25) is 11.8 Å². The number of carbonyl (C=O) groups excluding carboxylic acids is 1. The zero-order valence-corrected chi connectivity index (χ0v) is 14.6. The summed E-state index contributed by atoms with van der Waals surface area (Å²) in [6, 6.07) is 13.0. The first-order valence-corrected chi connectivity index (χ1v) is 8.30. The van der Waals surface area contributed by atoms with Crippen molar-refractivity contribution >= 4 is 11.6 Å². The minimum atomic E-state index is -0.327. The lowest BCUT2D eigenvalue weighted by molar-refractivity contribution is -0.115. The fourth-order valence-electron chi connectivity index (χ4n) is 2.47. The summed E-state index contributed by atoms with van der Waals surface area (Å²) in [6.45, 7) is 4.25. The van der Waals surface area contributed by atoms with E-state index in [1.165, 1.54) is 12.1 Å². The van der Waals surface area contributed by atoms with Crippen molar-refractivity contribution in [1.82, 2.24) is 4.98 Å². The third-order valence-corrected chi connectivity index (χ3v) is 3.76. The number of rotatable bonds is 6. The number of carbonyl (C=O) groups is 1. The highest BCUT2D eigenvalue weighted by atomic mass is 19.1. The SMILES string of the molecule is CCOc1ccc(NC(=O)Cc2nc(-c3ccc(F)cc3)oc2C)cc1. The van der Waals surface area contributed by atoms with Gasteiger partial charge in [-0.05, 0) is 62.4 Å². The van der Waals surface area contributed by atoms with Crippen LogP contribution in [0.3, 0.4) is 0 Å². The summed E-state index contributed by atoms with van der Waals surface area (Å²) in [5.74, 6) is 1.16. The van der Waals surface area contributed by atoms with Gasteiger partial charge in [-0.15, -0.1) is 0 Å². The topological polar surface area (TPSA) is 64.4 Å². The van der Waals surface area contributed by atoms with Crippen molar-refractivity contribution in [2.45, 2.75) is 20.3 Å². The van der Waals surface area contributed by atoms with Gasteiger partial charge in [0.25, 0.3) is 0 Å². The number of oxazole rings is 1. The number of halogens is 1. The summed E-state index contributed by atoms with van der Waals surface area (Å²) in [7, 11) is 0. The lowest BCUT2D eigenvalue weighted by Crippen LogP contribution is -2.15. The third kappa shape index (κ3) is 4.27. The summed E-state index contributed by atoms with van der Waals surface area (Å²) in [5, 5.41) is 2.82. The first kappa shape index (κ1) is 17.7. The highest BCUT2D eigenvalue weighted by Crippen LogP contribution is 2.23. The summed E-state index contributed by atoms with van der Waals surface area (Å²) >= 11 is 0. The molecule has 0 saturated heterocycles. The zero-order valence-electron chi connectivity index (χ0n) is 14.6. The van der Waals surface area contributed by atoms with Crippen LogP contribution in [0.1, 0.15) is 18.4 Å². The molecular formula is C20H19FN2O3. The van der Waals surface area contributed by atoms with Crippen molar-refractivity contribution in [3.05, 3.63) is 65.8 Å². The van der Waals surface area contributed by atoms with Gasteiger partial charge < -0.3 is 14.5 Å². The zero-order chi connectivity index (χ0) is 18.5.